The zero-order valence-electron chi connectivity index (χ0n) is 11.5. The van der Waals surface area contributed by atoms with Gasteiger partial charge in [-0.1, -0.05) is 28.1 Å². The van der Waals surface area contributed by atoms with Gasteiger partial charge in [0.1, 0.15) is 11.6 Å². The van der Waals surface area contributed by atoms with E-state index in [-0.39, 0.29) is 11.9 Å². The molecule has 0 aliphatic carbocycles. The van der Waals surface area contributed by atoms with E-state index in [1.54, 1.807) is 7.11 Å². The van der Waals surface area contributed by atoms with Gasteiger partial charge >= 0.3 is 0 Å². The lowest BCUT2D eigenvalue weighted by atomic mass is 10.1. The molecule has 0 spiro atoms. The van der Waals surface area contributed by atoms with Crippen molar-refractivity contribution < 1.29 is 9.13 Å². The molecule has 0 saturated heterocycles. The minimum atomic E-state index is -0.231. The van der Waals surface area contributed by atoms with E-state index in [0.29, 0.717) is 6.54 Å². The molecule has 0 aromatic heterocycles. The summed E-state index contributed by atoms with van der Waals surface area (Å²) < 4.78 is 19.3. The smallest absolute Gasteiger partial charge is 0.124 e. The molecule has 0 bridgehead atoms. The molecule has 2 nitrogen and oxygen atoms in total. The van der Waals surface area contributed by atoms with E-state index >= 15 is 0 Å². The lowest BCUT2D eigenvalue weighted by molar-refractivity contribution is 0.413. The number of methoxy groups -OCH3 is 1. The lowest BCUT2D eigenvalue weighted by Gasteiger charge is -2.15. The maximum Gasteiger partial charge on any atom is 0.124 e. The van der Waals surface area contributed by atoms with Gasteiger partial charge in [-0.3, -0.25) is 0 Å². The van der Waals surface area contributed by atoms with Gasteiger partial charge in [0.05, 0.1) is 7.11 Å². The van der Waals surface area contributed by atoms with Gasteiger partial charge < -0.3 is 10.1 Å². The largest absolute Gasteiger partial charge is 0.497 e. The number of nitrogens with one attached hydrogen (secondary N) is 1. The summed E-state index contributed by atoms with van der Waals surface area (Å²) in [5, 5.41) is 3.38. The molecule has 20 heavy (non-hydrogen) atoms. The van der Waals surface area contributed by atoms with Crippen LogP contribution in [0.5, 0.6) is 5.75 Å². The number of hydrogen-bond donors (Lipinski definition) is 1. The van der Waals surface area contributed by atoms with Crippen LogP contribution in [0, 0.1) is 5.82 Å². The predicted octanol–water partition coefficient (Wildman–Crippen LogP) is 4.45. The van der Waals surface area contributed by atoms with Crippen molar-refractivity contribution in [2.45, 2.75) is 19.5 Å². The van der Waals surface area contributed by atoms with E-state index in [0.717, 1.165) is 21.3 Å². The molecule has 0 radical (unpaired) electrons. The lowest BCUT2D eigenvalue weighted by Crippen LogP contribution is -2.18. The Kier molecular flexibility index (Phi) is 5.15. The predicted molar refractivity (Wildman–Crippen MR) is 82.3 cm³/mol. The van der Waals surface area contributed by atoms with Crippen molar-refractivity contribution in [2.75, 3.05) is 7.11 Å². The molecule has 0 saturated carbocycles. The molecule has 1 atom stereocenters. The maximum atomic E-state index is 13.3. The minimum Gasteiger partial charge on any atom is -0.497 e. The highest BCUT2D eigenvalue weighted by Crippen LogP contribution is 2.20. The van der Waals surface area contributed by atoms with Gasteiger partial charge in [-0.2, -0.15) is 0 Å². The summed E-state index contributed by atoms with van der Waals surface area (Å²) in [7, 11) is 1.65. The zero-order chi connectivity index (χ0) is 14.5. The Labute approximate surface area is 127 Å². The molecule has 1 N–H and O–H groups in total. The molecule has 0 unspecified atom stereocenters. The fourth-order valence-electron chi connectivity index (χ4n) is 2.01. The summed E-state index contributed by atoms with van der Waals surface area (Å²) in [4.78, 5) is 0. The average molecular weight is 338 g/mol. The molecule has 0 fully saturated rings. The SMILES string of the molecule is COc1cccc([C@H](C)NCc2cc(F)cc(Br)c2)c1. The van der Waals surface area contributed by atoms with Crippen molar-refractivity contribution in [1.82, 2.24) is 5.32 Å². The van der Waals surface area contributed by atoms with Crippen LogP contribution in [0.3, 0.4) is 0 Å². The van der Waals surface area contributed by atoms with Crippen molar-refractivity contribution >= 4 is 15.9 Å². The van der Waals surface area contributed by atoms with E-state index in [1.807, 2.05) is 30.3 Å². The highest BCUT2D eigenvalue weighted by molar-refractivity contribution is 9.10. The Morgan fingerprint density at radius 1 is 1.25 bits per heavy atom. The molecule has 4 heteroatoms. The van der Waals surface area contributed by atoms with E-state index in [9.17, 15) is 4.39 Å². The quantitative estimate of drug-likeness (QED) is 0.870. The van der Waals surface area contributed by atoms with Crippen LogP contribution in [0.4, 0.5) is 4.39 Å². The Hall–Kier alpha value is -1.39. The first kappa shape index (κ1) is 15.0. The normalized spacial score (nSPS) is 12.2. The summed E-state index contributed by atoms with van der Waals surface area (Å²) in [6, 6.07) is 13.0. The van der Waals surface area contributed by atoms with Gasteiger partial charge in [0.15, 0.2) is 0 Å². The van der Waals surface area contributed by atoms with Gasteiger partial charge in [-0.25, -0.2) is 4.39 Å². The number of halogens is 2. The van der Waals surface area contributed by atoms with Crippen molar-refractivity contribution in [3.8, 4) is 5.75 Å². The third kappa shape index (κ3) is 4.05. The van der Waals surface area contributed by atoms with Crippen LogP contribution in [0.1, 0.15) is 24.1 Å². The van der Waals surface area contributed by atoms with Crippen LogP contribution in [-0.2, 0) is 6.54 Å². The first-order valence-electron chi connectivity index (χ1n) is 6.41. The molecule has 0 amide bonds. The maximum absolute atomic E-state index is 13.3. The van der Waals surface area contributed by atoms with Gasteiger partial charge in [0, 0.05) is 17.1 Å². The van der Waals surface area contributed by atoms with E-state index < -0.39 is 0 Å². The number of rotatable bonds is 5. The van der Waals surface area contributed by atoms with Gasteiger partial charge in [0.25, 0.3) is 0 Å². The van der Waals surface area contributed by atoms with E-state index in [1.165, 1.54) is 12.1 Å². The van der Waals surface area contributed by atoms with Crippen LogP contribution in [0.2, 0.25) is 0 Å². The van der Waals surface area contributed by atoms with Gasteiger partial charge in [-0.15, -0.1) is 0 Å². The molecule has 2 aromatic rings. The Balaban J connectivity index is 2.02. The highest BCUT2D eigenvalue weighted by Gasteiger charge is 2.07. The molecule has 106 valence electrons. The Bertz CT molecular complexity index is 568. The Morgan fingerprint density at radius 2 is 2.05 bits per heavy atom. The van der Waals surface area contributed by atoms with Crippen LogP contribution in [-0.4, -0.2) is 7.11 Å². The van der Waals surface area contributed by atoms with Crippen LogP contribution in [0.25, 0.3) is 0 Å². The standard InChI is InChI=1S/C16H17BrFNO/c1-11(13-4-3-5-16(8-13)20-2)19-10-12-6-14(17)9-15(18)7-12/h3-9,11,19H,10H2,1-2H3/t11-/m0/s1. The van der Waals surface area contributed by atoms with Gasteiger partial charge in [-0.05, 0) is 48.4 Å². The fourth-order valence-corrected chi connectivity index (χ4v) is 2.53. The second kappa shape index (κ2) is 6.86. The molecule has 0 aliphatic rings. The van der Waals surface area contributed by atoms with Crippen LogP contribution < -0.4 is 10.1 Å². The third-order valence-corrected chi connectivity index (χ3v) is 3.59. The number of hydrogen-bond acceptors (Lipinski definition) is 2. The third-order valence-electron chi connectivity index (χ3n) is 3.13. The monoisotopic (exact) mass is 337 g/mol. The zero-order valence-corrected chi connectivity index (χ0v) is 13.1. The Morgan fingerprint density at radius 3 is 2.75 bits per heavy atom. The van der Waals surface area contributed by atoms with Gasteiger partial charge in [0.2, 0.25) is 0 Å². The summed E-state index contributed by atoms with van der Waals surface area (Å²) in [5.41, 5.74) is 2.05. The van der Waals surface area contributed by atoms with Crippen molar-refractivity contribution in [3.63, 3.8) is 0 Å². The van der Waals surface area contributed by atoms with E-state index in [2.05, 4.69) is 28.2 Å². The number of benzene rings is 2. The molecule has 2 aromatic carbocycles. The summed E-state index contributed by atoms with van der Waals surface area (Å²) in [6.45, 7) is 2.68. The van der Waals surface area contributed by atoms with Crippen molar-refractivity contribution in [1.29, 1.82) is 0 Å². The number of ether oxygens (including phenoxy) is 1. The average Bonchev–Trinajstić information content (AvgIpc) is 2.44. The van der Waals surface area contributed by atoms with E-state index in [4.69, 9.17) is 4.74 Å². The molecular weight excluding hydrogens is 321 g/mol. The molecule has 2 rings (SSSR count). The van der Waals surface area contributed by atoms with Crippen molar-refractivity contribution in [3.05, 3.63) is 63.9 Å². The minimum absolute atomic E-state index is 0.159. The fraction of sp³-hybridized carbons (Fsp3) is 0.250. The summed E-state index contributed by atoms with van der Waals surface area (Å²) in [5.74, 6) is 0.606. The first-order chi connectivity index (χ1) is 9.58. The molecule has 0 aliphatic heterocycles. The van der Waals surface area contributed by atoms with Crippen molar-refractivity contribution in [2.24, 2.45) is 0 Å². The topological polar surface area (TPSA) is 21.3 Å². The highest BCUT2D eigenvalue weighted by atomic mass is 79.9. The second-order valence-corrected chi connectivity index (χ2v) is 5.57. The summed E-state index contributed by atoms with van der Waals surface area (Å²) >= 11 is 3.30. The molecule has 0 heterocycles. The summed E-state index contributed by atoms with van der Waals surface area (Å²) in [6.07, 6.45) is 0. The first-order valence-corrected chi connectivity index (χ1v) is 7.20. The second-order valence-electron chi connectivity index (χ2n) is 4.66. The van der Waals surface area contributed by atoms with Crippen LogP contribution in [0.15, 0.2) is 46.9 Å². The van der Waals surface area contributed by atoms with Crippen LogP contribution >= 0.6 is 15.9 Å². The molecular formula is C16H17BrFNO.